The number of halogens is 3. The molecule has 0 aliphatic carbocycles. The molecule has 2 aromatic carbocycles. The molecule has 3 rings (SSSR count). The van der Waals surface area contributed by atoms with Crippen LogP contribution in [0.15, 0.2) is 63.3 Å². The van der Waals surface area contributed by atoms with E-state index in [0.717, 1.165) is 6.07 Å². The highest BCUT2D eigenvalue weighted by Crippen LogP contribution is 2.66. The Morgan fingerprint density at radius 3 is 2.43 bits per heavy atom. The van der Waals surface area contributed by atoms with Gasteiger partial charge in [-0.3, -0.25) is 9.59 Å². The van der Waals surface area contributed by atoms with Gasteiger partial charge in [0.1, 0.15) is 5.75 Å². The maximum absolute atomic E-state index is 12.8. The number of aliphatic imine (C=N–C) groups is 1. The molecule has 0 saturated heterocycles. The number of amides is 2. The largest absolute Gasteiger partial charge is 0.573 e. The normalized spacial score (nSPS) is 19.8. The van der Waals surface area contributed by atoms with Crippen LogP contribution in [-0.4, -0.2) is 29.9 Å². The first-order valence-corrected chi connectivity index (χ1v) is 10.5. The van der Waals surface area contributed by atoms with E-state index in [-0.39, 0.29) is 24.0 Å². The Labute approximate surface area is 171 Å². The summed E-state index contributed by atoms with van der Waals surface area (Å²) in [7, 11) is -2.74. The second-order valence-corrected chi connectivity index (χ2v) is 8.88. The maximum atomic E-state index is 12.8. The average molecular weight is 440 g/mol. The van der Waals surface area contributed by atoms with Gasteiger partial charge in [0.25, 0.3) is 0 Å². The lowest BCUT2D eigenvalue weighted by Gasteiger charge is -2.38. The molecule has 30 heavy (non-hydrogen) atoms. The summed E-state index contributed by atoms with van der Waals surface area (Å²) in [5.74, 6) is -1.38. The fraction of sp³-hybridized carbons (Fsp3) is 0.211. The van der Waals surface area contributed by atoms with Crippen LogP contribution in [0.5, 0.6) is 5.75 Å². The summed E-state index contributed by atoms with van der Waals surface area (Å²) >= 11 is 0. The molecule has 2 aromatic rings. The Kier molecular flexibility index (Phi) is 6.04. The monoisotopic (exact) mass is 440 g/mol. The van der Waals surface area contributed by atoms with Crippen molar-refractivity contribution in [3.63, 3.8) is 0 Å². The zero-order chi connectivity index (χ0) is 21.9. The molecule has 11 heteroatoms. The van der Waals surface area contributed by atoms with E-state index < -0.39 is 28.2 Å². The Morgan fingerprint density at radius 2 is 1.83 bits per heavy atom. The van der Waals surface area contributed by atoms with Crippen LogP contribution in [0.4, 0.5) is 18.9 Å². The molecule has 0 saturated carbocycles. The molecule has 0 bridgehead atoms. The summed E-state index contributed by atoms with van der Waals surface area (Å²) in [5.41, 5.74) is 5.81. The minimum absolute atomic E-state index is 0.140. The Bertz CT molecular complexity index is 998. The molecule has 1 heterocycles. The number of carbonyl (C=O) groups excluding carboxylic acids is 2. The van der Waals surface area contributed by atoms with Gasteiger partial charge in [0, 0.05) is 16.2 Å². The number of benzene rings is 2. The number of carbonyl (C=O) groups is 2. The zero-order valence-electron chi connectivity index (χ0n) is 15.8. The van der Waals surface area contributed by atoms with Crippen molar-refractivity contribution in [1.29, 1.82) is 0 Å². The SMILES string of the molecule is CCC(=O)NC1=Nc2ccc(OC(F)(F)F)cc2S1(NC(=O)CN)c1ccccc1. The molecule has 1 atom stereocenters. The molecule has 0 spiro atoms. The van der Waals surface area contributed by atoms with E-state index in [0.29, 0.717) is 15.5 Å². The lowest BCUT2D eigenvalue weighted by Crippen LogP contribution is -2.42. The molecular formula is C19H19F3N4O3S. The number of alkyl halides is 3. The van der Waals surface area contributed by atoms with Gasteiger partial charge in [-0.2, -0.15) is 0 Å². The Morgan fingerprint density at radius 1 is 1.13 bits per heavy atom. The van der Waals surface area contributed by atoms with Crippen molar-refractivity contribution in [3.05, 3.63) is 48.5 Å². The van der Waals surface area contributed by atoms with Crippen molar-refractivity contribution >= 4 is 32.9 Å². The number of fused-ring (bicyclic) bond motifs is 1. The van der Waals surface area contributed by atoms with Crippen molar-refractivity contribution in [3.8, 4) is 5.75 Å². The summed E-state index contributed by atoms with van der Waals surface area (Å²) in [6, 6.07) is 12.2. The second kappa shape index (κ2) is 8.36. The fourth-order valence-electron chi connectivity index (χ4n) is 2.86. The van der Waals surface area contributed by atoms with Crippen LogP contribution < -0.4 is 20.5 Å². The summed E-state index contributed by atoms with van der Waals surface area (Å²) < 4.78 is 45.2. The van der Waals surface area contributed by atoms with Gasteiger partial charge >= 0.3 is 6.36 Å². The first-order chi connectivity index (χ1) is 14.2. The summed E-state index contributed by atoms with van der Waals surface area (Å²) in [4.78, 5) is 29.8. The van der Waals surface area contributed by atoms with E-state index in [2.05, 4.69) is 19.8 Å². The van der Waals surface area contributed by atoms with E-state index in [1.165, 1.54) is 12.1 Å². The van der Waals surface area contributed by atoms with Gasteiger partial charge < -0.3 is 20.5 Å². The van der Waals surface area contributed by atoms with E-state index in [1.54, 1.807) is 37.3 Å². The molecule has 1 aliphatic rings. The van der Waals surface area contributed by atoms with E-state index in [4.69, 9.17) is 5.73 Å². The van der Waals surface area contributed by atoms with Gasteiger partial charge in [-0.05, 0) is 40.5 Å². The van der Waals surface area contributed by atoms with Crippen LogP contribution >= 0.6 is 10.2 Å². The van der Waals surface area contributed by atoms with Crippen LogP contribution in [0, 0.1) is 0 Å². The fourth-order valence-corrected chi connectivity index (χ4v) is 6.08. The zero-order valence-corrected chi connectivity index (χ0v) is 16.6. The van der Waals surface area contributed by atoms with Gasteiger partial charge in [-0.25, -0.2) is 4.99 Å². The van der Waals surface area contributed by atoms with Crippen LogP contribution in [0.1, 0.15) is 13.3 Å². The number of ether oxygens (including phenoxy) is 1. The van der Waals surface area contributed by atoms with Crippen LogP contribution in [0.25, 0.3) is 0 Å². The highest BCUT2D eigenvalue weighted by Gasteiger charge is 2.43. The van der Waals surface area contributed by atoms with Crippen molar-refractivity contribution in [2.24, 2.45) is 10.7 Å². The number of hydrogen-bond acceptors (Lipinski definition) is 5. The van der Waals surface area contributed by atoms with Crippen molar-refractivity contribution in [2.75, 3.05) is 6.54 Å². The lowest BCUT2D eigenvalue weighted by atomic mass is 10.3. The third kappa shape index (κ3) is 4.26. The highest BCUT2D eigenvalue weighted by atomic mass is 32.3. The number of hydrogen-bond donors (Lipinski definition) is 3. The van der Waals surface area contributed by atoms with Crippen molar-refractivity contribution in [2.45, 2.75) is 29.5 Å². The Balaban J connectivity index is 2.23. The van der Waals surface area contributed by atoms with Crippen molar-refractivity contribution < 1.29 is 27.5 Å². The lowest BCUT2D eigenvalue weighted by molar-refractivity contribution is -0.274. The molecule has 160 valence electrons. The predicted molar refractivity (Wildman–Crippen MR) is 106 cm³/mol. The minimum Gasteiger partial charge on any atom is -0.406 e. The van der Waals surface area contributed by atoms with E-state index >= 15 is 0 Å². The molecule has 1 unspecified atom stereocenters. The molecule has 7 nitrogen and oxygen atoms in total. The van der Waals surface area contributed by atoms with Crippen molar-refractivity contribution in [1.82, 2.24) is 10.0 Å². The smallest absolute Gasteiger partial charge is 0.406 e. The summed E-state index contributed by atoms with van der Waals surface area (Å²) in [6.07, 6.45) is -4.74. The van der Waals surface area contributed by atoms with Gasteiger partial charge in [0.15, 0.2) is 5.17 Å². The quantitative estimate of drug-likeness (QED) is 0.663. The molecule has 0 radical (unpaired) electrons. The molecular weight excluding hydrogens is 421 g/mol. The van der Waals surface area contributed by atoms with E-state index in [1.807, 2.05) is 0 Å². The van der Waals surface area contributed by atoms with Gasteiger partial charge in [0.2, 0.25) is 11.8 Å². The maximum Gasteiger partial charge on any atom is 0.573 e. The first kappa shape index (κ1) is 21.7. The third-order valence-electron chi connectivity index (χ3n) is 4.12. The molecule has 2 amide bonds. The van der Waals surface area contributed by atoms with Gasteiger partial charge in [-0.1, -0.05) is 25.1 Å². The van der Waals surface area contributed by atoms with Crippen LogP contribution in [-0.2, 0) is 9.59 Å². The number of nitrogens with one attached hydrogen (secondary N) is 2. The number of nitrogens with zero attached hydrogens (tertiary/aromatic N) is 1. The van der Waals surface area contributed by atoms with Gasteiger partial charge in [-0.15, -0.1) is 13.2 Å². The van der Waals surface area contributed by atoms with E-state index in [9.17, 15) is 22.8 Å². The average Bonchev–Trinajstić information content (AvgIpc) is 3.00. The standard InChI is InChI=1S/C19H19F3N4O3S/c1-2-16(27)25-18-24-14-9-8-12(29-19(20,21)22)10-15(14)30(18,26-17(28)11-23)13-6-4-3-5-7-13/h3-10H,2,11,23H2,1H3,(H,26,28)(H,24,25,27). The highest BCUT2D eigenvalue weighted by molar-refractivity contribution is 8.44. The van der Waals surface area contributed by atoms with Gasteiger partial charge in [0.05, 0.1) is 12.2 Å². The Hall–Kier alpha value is -3.05. The first-order valence-electron chi connectivity index (χ1n) is 8.87. The summed E-state index contributed by atoms with van der Waals surface area (Å²) in [6.45, 7) is 1.29. The molecule has 0 fully saturated rings. The third-order valence-corrected chi connectivity index (χ3v) is 7.40. The number of amidine groups is 1. The minimum atomic E-state index is -4.89. The predicted octanol–water partition coefficient (Wildman–Crippen LogP) is 3.33. The topological polar surface area (TPSA) is 106 Å². The second-order valence-electron chi connectivity index (χ2n) is 6.15. The number of rotatable bonds is 5. The van der Waals surface area contributed by atoms with Crippen LogP contribution in [0.2, 0.25) is 0 Å². The van der Waals surface area contributed by atoms with Crippen LogP contribution in [0.3, 0.4) is 0 Å². The summed E-state index contributed by atoms with van der Waals surface area (Å²) in [5, 5.41) is 2.83. The number of nitrogens with two attached hydrogens (primary N) is 1. The molecule has 0 aromatic heterocycles. The molecule has 1 aliphatic heterocycles. The molecule has 4 N–H and O–H groups in total.